The fourth-order valence-electron chi connectivity index (χ4n) is 7.12. The molecule has 4 nitrogen and oxygen atoms in total. The van der Waals surface area contributed by atoms with E-state index in [4.69, 9.17) is 14.5 Å². The van der Waals surface area contributed by atoms with Crippen molar-refractivity contribution in [1.82, 2.24) is 4.98 Å². The lowest BCUT2D eigenvalue weighted by Gasteiger charge is -2.26. The maximum Gasteiger partial charge on any atom is 0.131 e. The van der Waals surface area contributed by atoms with Crippen molar-refractivity contribution in [2.24, 2.45) is 0 Å². The maximum atomic E-state index is 6.45. The zero-order valence-corrected chi connectivity index (χ0v) is 34.7. The molecule has 0 bridgehead atoms. The highest BCUT2D eigenvalue weighted by molar-refractivity contribution is 5.81. The first-order valence-corrected chi connectivity index (χ1v) is 20.3. The lowest BCUT2D eigenvalue weighted by molar-refractivity contribution is 0.460. The van der Waals surface area contributed by atoms with Crippen molar-refractivity contribution in [3.8, 4) is 56.6 Å². The van der Waals surface area contributed by atoms with E-state index in [0.717, 1.165) is 62.2 Å². The molecule has 1 heterocycles. The van der Waals surface area contributed by atoms with Crippen LogP contribution in [0.4, 0.5) is 17.1 Å². The molecule has 292 valence electrons. The van der Waals surface area contributed by atoms with Gasteiger partial charge in [-0.15, -0.1) is 0 Å². The van der Waals surface area contributed by atoms with E-state index in [0.29, 0.717) is 11.5 Å². The second-order valence-electron chi connectivity index (χ2n) is 17.0. The summed E-state index contributed by atoms with van der Waals surface area (Å²) in [5.41, 5.74) is 11.6. The van der Waals surface area contributed by atoms with Gasteiger partial charge in [-0.2, -0.15) is 0 Å². The zero-order chi connectivity index (χ0) is 41.0. The van der Waals surface area contributed by atoms with Crippen molar-refractivity contribution < 1.29 is 9.47 Å². The van der Waals surface area contributed by atoms with Gasteiger partial charge in [0.25, 0.3) is 0 Å². The van der Waals surface area contributed by atoms with Gasteiger partial charge >= 0.3 is 0 Å². The monoisotopic (exact) mass is 770 g/mol. The molecule has 59 heavy (non-hydrogen) atoms. The molecule has 0 aliphatic carbocycles. The zero-order valence-electron chi connectivity index (χ0n) is 34.7. The number of hydrogen-bond acceptors (Lipinski definition) is 4. The number of benzene rings is 7. The summed E-state index contributed by atoms with van der Waals surface area (Å²) in [5, 5.41) is 0. The summed E-state index contributed by atoms with van der Waals surface area (Å²) in [6.07, 6.45) is 0. The van der Waals surface area contributed by atoms with Crippen molar-refractivity contribution in [3.05, 3.63) is 205 Å². The van der Waals surface area contributed by atoms with Crippen molar-refractivity contribution in [2.45, 2.75) is 52.4 Å². The quantitative estimate of drug-likeness (QED) is 0.139. The number of para-hydroxylation sites is 4. The number of hydrogen-bond donors (Lipinski definition) is 0. The molecule has 4 heteroatoms. The number of aromatic nitrogens is 1. The van der Waals surface area contributed by atoms with Crippen LogP contribution in [-0.4, -0.2) is 4.98 Å². The minimum atomic E-state index is -0.0410. The third-order valence-corrected chi connectivity index (χ3v) is 10.4. The standard InChI is InChI=1S/C55H50N2O2/c1-54(2,3)43-31-40(32-44(37-43)55(4,5)6)41-35-52(39-27-29-47(30-28-39)57(45-19-11-7-12-20-45)46-21-13-8-14-22-46)56-53(36-41)42-33-50(58-48-23-15-9-16-24-48)38-51(34-42)59-49-25-17-10-18-26-49/h7-38H,1-6H3. The molecule has 7 aromatic carbocycles. The van der Waals surface area contributed by atoms with E-state index >= 15 is 0 Å². The Bertz CT molecular complexity index is 2510. The first-order chi connectivity index (χ1) is 28.5. The topological polar surface area (TPSA) is 34.6 Å². The van der Waals surface area contributed by atoms with Gasteiger partial charge in [-0.3, -0.25) is 0 Å². The molecule has 8 rings (SSSR count). The highest BCUT2D eigenvalue weighted by Gasteiger charge is 2.22. The van der Waals surface area contributed by atoms with E-state index in [1.54, 1.807) is 0 Å². The van der Waals surface area contributed by atoms with Gasteiger partial charge in [0.2, 0.25) is 0 Å². The van der Waals surface area contributed by atoms with Crippen LogP contribution in [0.3, 0.4) is 0 Å². The summed E-state index contributed by atoms with van der Waals surface area (Å²) in [6, 6.07) is 66.9. The Hall–Kier alpha value is -6.91. The van der Waals surface area contributed by atoms with Gasteiger partial charge in [0.15, 0.2) is 0 Å². The summed E-state index contributed by atoms with van der Waals surface area (Å²) in [7, 11) is 0. The minimum absolute atomic E-state index is 0.0410. The largest absolute Gasteiger partial charge is 0.457 e. The van der Waals surface area contributed by atoms with Crippen molar-refractivity contribution >= 4 is 17.1 Å². The Labute approximate surface area is 349 Å². The van der Waals surface area contributed by atoms with Gasteiger partial charge in [-0.1, -0.05) is 145 Å². The summed E-state index contributed by atoms with van der Waals surface area (Å²) in [5.74, 6) is 2.80. The van der Waals surface area contributed by atoms with Gasteiger partial charge in [0.1, 0.15) is 23.0 Å². The Balaban J connectivity index is 1.29. The van der Waals surface area contributed by atoms with Crippen LogP contribution < -0.4 is 14.4 Å². The van der Waals surface area contributed by atoms with Crippen LogP contribution in [0, 0.1) is 0 Å². The molecule has 0 saturated carbocycles. The smallest absolute Gasteiger partial charge is 0.131 e. The maximum absolute atomic E-state index is 6.45. The fourth-order valence-corrected chi connectivity index (χ4v) is 7.12. The fraction of sp³-hybridized carbons (Fsp3) is 0.145. The molecule has 0 atom stereocenters. The molecule has 0 spiro atoms. The highest BCUT2D eigenvalue weighted by atomic mass is 16.5. The predicted molar refractivity (Wildman–Crippen MR) is 246 cm³/mol. The number of pyridine rings is 1. The summed E-state index contributed by atoms with van der Waals surface area (Å²) >= 11 is 0. The number of ether oxygens (including phenoxy) is 2. The third-order valence-electron chi connectivity index (χ3n) is 10.4. The van der Waals surface area contributed by atoms with Crippen LogP contribution in [0.15, 0.2) is 194 Å². The third kappa shape index (κ3) is 9.29. The van der Waals surface area contributed by atoms with Crippen molar-refractivity contribution in [1.29, 1.82) is 0 Å². The van der Waals surface area contributed by atoms with Gasteiger partial charge in [0, 0.05) is 34.3 Å². The first-order valence-electron chi connectivity index (χ1n) is 20.3. The lowest BCUT2D eigenvalue weighted by atomic mass is 9.79. The molecular weight excluding hydrogens is 721 g/mol. The summed E-state index contributed by atoms with van der Waals surface area (Å²) in [4.78, 5) is 7.68. The highest BCUT2D eigenvalue weighted by Crippen LogP contribution is 2.40. The molecule has 1 aromatic heterocycles. The number of rotatable bonds is 10. The van der Waals surface area contributed by atoms with Gasteiger partial charge < -0.3 is 14.4 Å². The first kappa shape index (κ1) is 38.9. The van der Waals surface area contributed by atoms with E-state index in [2.05, 4.69) is 150 Å². The van der Waals surface area contributed by atoms with Crippen LogP contribution in [0.2, 0.25) is 0 Å². The Morgan fingerprint density at radius 2 is 0.729 bits per heavy atom. The van der Waals surface area contributed by atoms with E-state index in [1.807, 2.05) is 91.0 Å². The van der Waals surface area contributed by atoms with E-state index < -0.39 is 0 Å². The summed E-state index contributed by atoms with van der Waals surface area (Å²) < 4.78 is 12.9. The van der Waals surface area contributed by atoms with Crippen LogP contribution in [0.25, 0.3) is 33.6 Å². The molecule has 0 aliphatic rings. The number of nitrogens with zero attached hydrogens (tertiary/aromatic N) is 2. The minimum Gasteiger partial charge on any atom is -0.457 e. The van der Waals surface area contributed by atoms with Gasteiger partial charge in [0.05, 0.1) is 11.4 Å². The van der Waals surface area contributed by atoms with Crippen molar-refractivity contribution in [3.63, 3.8) is 0 Å². The van der Waals surface area contributed by atoms with Crippen LogP contribution in [0.5, 0.6) is 23.0 Å². The van der Waals surface area contributed by atoms with Crippen LogP contribution in [-0.2, 0) is 10.8 Å². The van der Waals surface area contributed by atoms with Crippen LogP contribution >= 0.6 is 0 Å². The second kappa shape index (κ2) is 16.5. The SMILES string of the molecule is CC(C)(C)c1cc(-c2cc(-c3ccc(N(c4ccccc4)c4ccccc4)cc3)nc(-c3cc(Oc4ccccc4)cc(Oc4ccccc4)c3)c2)cc(C(C)(C)C)c1. The Morgan fingerprint density at radius 1 is 0.339 bits per heavy atom. The predicted octanol–water partition coefficient (Wildman–Crippen LogP) is 15.7. The molecule has 0 radical (unpaired) electrons. The normalized spacial score (nSPS) is 11.6. The average Bonchev–Trinajstić information content (AvgIpc) is 3.24. The van der Waals surface area contributed by atoms with E-state index in [1.165, 1.54) is 11.1 Å². The van der Waals surface area contributed by atoms with Gasteiger partial charge in [-0.25, -0.2) is 4.98 Å². The molecule has 0 N–H and O–H groups in total. The van der Waals surface area contributed by atoms with Crippen molar-refractivity contribution in [2.75, 3.05) is 4.90 Å². The number of anilines is 3. The van der Waals surface area contributed by atoms with E-state index in [9.17, 15) is 0 Å². The molecule has 0 saturated heterocycles. The second-order valence-corrected chi connectivity index (χ2v) is 17.0. The van der Waals surface area contributed by atoms with Crippen LogP contribution in [0.1, 0.15) is 52.7 Å². The molecule has 8 aromatic rings. The Kier molecular flexibility index (Phi) is 10.9. The molecule has 0 fully saturated rings. The molecule has 0 aliphatic heterocycles. The van der Waals surface area contributed by atoms with Gasteiger partial charge in [-0.05, 0) is 118 Å². The molecule has 0 amide bonds. The molecule has 0 unspecified atom stereocenters. The van der Waals surface area contributed by atoms with E-state index in [-0.39, 0.29) is 10.8 Å². The Morgan fingerprint density at radius 3 is 1.17 bits per heavy atom. The average molecular weight is 771 g/mol. The lowest BCUT2D eigenvalue weighted by Crippen LogP contribution is -2.16. The molecular formula is C55H50N2O2. The summed E-state index contributed by atoms with van der Waals surface area (Å²) in [6.45, 7) is 13.7.